The second-order valence-electron chi connectivity index (χ2n) is 7.47. The summed E-state index contributed by atoms with van der Waals surface area (Å²) < 4.78 is 10.3. The van der Waals surface area contributed by atoms with E-state index >= 15 is 0 Å². The van der Waals surface area contributed by atoms with Crippen molar-refractivity contribution >= 4 is 5.97 Å². The van der Waals surface area contributed by atoms with Gasteiger partial charge in [0.15, 0.2) is 0 Å². The number of esters is 1. The van der Waals surface area contributed by atoms with Crippen LogP contribution in [0.1, 0.15) is 57.6 Å². The van der Waals surface area contributed by atoms with Gasteiger partial charge in [0.25, 0.3) is 0 Å². The molecule has 1 aromatic rings. The van der Waals surface area contributed by atoms with Gasteiger partial charge in [-0.1, -0.05) is 39.8 Å². The minimum absolute atomic E-state index is 0.0508. The Bertz CT molecular complexity index is 542. The smallest absolute Gasteiger partial charge is 0.308 e. The van der Waals surface area contributed by atoms with E-state index in [-0.39, 0.29) is 17.3 Å². The summed E-state index contributed by atoms with van der Waals surface area (Å²) in [5.74, 6) is 1.92. The summed E-state index contributed by atoms with van der Waals surface area (Å²) in [6.45, 7) is 8.84. The Kier molecular flexibility index (Phi) is 4.84. The first-order valence-corrected chi connectivity index (χ1v) is 8.04. The van der Waals surface area contributed by atoms with Crippen molar-refractivity contribution in [3.8, 4) is 5.75 Å². The fourth-order valence-corrected chi connectivity index (χ4v) is 3.16. The van der Waals surface area contributed by atoms with E-state index in [0.29, 0.717) is 11.8 Å². The summed E-state index contributed by atoms with van der Waals surface area (Å²) in [5, 5.41) is 0. The summed E-state index contributed by atoms with van der Waals surface area (Å²) in [4.78, 5) is 11.5. The Morgan fingerprint density at radius 2 is 2.00 bits per heavy atom. The third-order valence-electron chi connectivity index (χ3n) is 4.68. The Balaban J connectivity index is 2.11. The number of carbonyl (C=O) groups is 1. The molecule has 1 fully saturated rings. The molecule has 0 saturated heterocycles. The van der Waals surface area contributed by atoms with Gasteiger partial charge in [0.2, 0.25) is 0 Å². The highest BCUT2D eigenvalue weighted by Gasteiger charge is 2.44. The van der Waals surface area contributed by atoms with Crippen molar-refractivity contribution < 1.29 is 14.3 Å². The van der Waals surface area contributed by atoms with Gasteiger partial charge in [-0.25, -0.2) is 0 Å². The zero-order valence-electron chi connectivity index (χ0n) is 14.6. The largest absolute Gasteiger partial charge is 0.496 e. The van der Waals surface area contributed by atoms with Gasteiger partial charge in [-0.3, -0.25) is 4.79 Å². The number of carbonyl (C=O) groups excluding carboxylic acids is 1. The first-order chi connectivity index (χ1) is 10.3. The standard InChI is InChI=1S/C19H28O3/c1-12(9-14-10-15(14)18(20)22-6)13-7-8-17(21-5)16(11-13)19(2,3)4/h7-8,11-12,14-15H,9-10H2,1-6H3. The van der Waals surface area contributed by atoms with Crippen LogP contribution in [0, 0.1) is 11.8 Å². The Morgan fingerprint density at radius 1 is 1.32 bits per heavy atom. The number of rotatable bonds is 5. The van der Waals surface area contributed by atoms with Crippen molar-refractivity contribution in [2.24, 2.45) is 11.8 Å². The molecule has 0 N–H and O–H groups in total. The van der Waals surface area contributed by atoms with Crippen LogP contribution in [0.4, 0.5) is 0 Å². The third-order valence-corrected chi connectivity index (χ3v) is 4.68. The molecule has 3 unspecified atom stereocenters. The van der Waals surface area contributed by atoms with Crippen molar-refractivity contribution in [2.45, 2.75) is 51.9 Å². The molecule has 0 heterocycles. The second-order valence-corrected chi connectivity index (χ2v) is 7.47. The van der Waals surface area contributed by atoms with Crippen LogP contribution in [0.25, 0.3) is 0 Å². The maximum Gasteiger partial charge on any atom is 0.308 e. The highest BCUT2D eigenvalue weighted by molar-refractivity contribution is 5.75. The summed E-state index contributed by atoms with van der Waals surface area (Å²) in [7, 11) is 3.19. The van der Waals surface area contributed by atoms with Gasteiger partial charge in [0.05, 0.1) is 20.1 Å². The Labute approximate surface area is 134 Å². The molecule has 1 aromatic carbocycles. The van der Waals surface area contributed by atoms with Gasteiger partial charge in [-0.15, -0.1) is 0 Å². The van der Waals surface area contributed by atoms with Gasteiger partial charge in [-0.2, -0.15) is 0 Å². The fraction of sp³-hybridized carbons (Fsp3) is 0.632. The van der Waals surface area contributed by atoms with Crippen molar-refractivity contribution in [2.75, 3.05) is 14.2 Å². The molecular formula is C19H28O3. The number of ether oxygens (including phenoxy) is 2. The van der Waals surface area contributed by atoms with E-state index in [1.54, 1.807) is 7.11 Å². The van der Waals surface area contributed by atoms with E-state index in [2.05, 4.69) is 45.9 Å². The van der Waals surface area contributed by atoms with Gasteiger partial charge >= 0.3 is 5.97 Å². The second kappa shape index (κ2) is 6.31. The van der Waals surface area contributed by atoms with Crippen LogP contribution < -0.4 is 4.74 Å². The molecule has 1 aliphatic rings. The van der Waals surface area contributed by atoms with Crippen molar-refractivity contribution in [3.05, 3.63) is 29.3 Å². The molecule has 0 aliphatic heterocycles. The van der Waals surface area contributed by atoms with E-state index in [4.69, 9.17) is 9.47 Å². The molecule has 1 aliphatic carbocycles. The van der Waals surface area contributed by atoms with Gasteiger partial charge in [0, 0.05) is 0 Å². The lowest BCUT2D eigenvalue weighted by atomic mass is 9.83. The van der Waals surface area contributed by atoms with E-state index in [0.717, 1.165) is 18.6 Å². The van der Waals surface area contributed by atoms with Crippen LogP contribution in [0.5, 0.6) is 5.75 Å². The molecule has 0 radical (unpaired) electrons. The van der Waals surface area contributed by atoms with Gasteiger partial charge in [-0.05, 0) is 47.3 Å². The molecule has 0 amide bonds. The lowest BCUT2D eigenvalue weighted by molar-refractivity contribution is -0.142. The minimum atomic E-state index is -0.0534. The highest BCUT2D eigenvalue weighted by Crippen LogP contribution is 2.46. The lowest BCUT2D eigenvalue weighted by Gasteiger charge is -2.24. The maximum absolute atomic E-state index is 11.5. The fourth-order valence-electron chi connectivity index (χ4n) is 3.16. The SMILES string of the molecule is COC(=O)C1CC1CC(C)c1ccc(OC)c(C(C)(C)C)c1. The highest BCUT2D eigenvalue weighted by atomic mass is 16.5. The normalized spacial score (nSPS) is 22.1. The molecule has 3 heteroatoms. The van der Waals surface area contributed by atoms with Crippen LogP contribution in [0.3, 0.4) is 0 Å². The number of methoxy groups -OCH3 is 2. The van der Waals surface area contributed by atoms with Gasteiger partial charge < -0.3 is 9.47 Å². The molecule has 1 saturated carbocycles. The first kappa shape index (κ1) is 16.9. The molecule has 3 atom stereocenters. The lowest BCUT2D eigenvalue weighted by Crippen LogP contribution is -2.14. The predicted molar refractivity (Wildman–Crippen MR) is 88.3 cm³/mol. The third kappa shape index (κ3) is 3.63. The topological polar surface area (TPSA) is 35.5 Å². The predicted octanol–water partition coefficient (Wildman–Crippen LogP) is 4.30. The number of hydrogen-bond acceptors (Lipinski definition) is 3. The summed E-state index contributed by atoms with van der Waals surface area (Å²) in [6, 6.07) is 6.48. The zero-order valence-corrected chi connectivity index (χ0v) is 14.6. The van der Waals surface area contributed by atoms with E-state index in [1.165, 1.54) is 18.2 Å². The summed E-state index contributed by atoms with van der Waals surface area (Å²) >= 11 is 0. The number of benzene rings is 1. The van der Waals surface area contributed by atoms with Crippen LogP contribution in [0.15, 0.2) is 18.2 Å². The zero-order chi connectivity index (χ0) is 16.5. The van der Waals surface area contributed by atoms with Crippen LogP contribution >= 0.6 is 0 Å². The molecule has 22 heavy (non-hydrogen) atoms. The summed E-state index contributed by atoms with van der Waals surface area (Å²) in [6.07, 6.45) is 2.01. The monoisotopic (exact) mass is 304 g/mol. The molecule has 2 rings (SSSR count). The van der Waals surface area contributed by atoms with E-state index in [1.807, 2.05) is 0 Å². The summed E-state index contributed by atoms with van der Waals surface area (Å²) in [5.41, 5.74) is 2.61. The average Bonchev–Trinajstić information content (AvgIpc) is 3.23. The van der Waals surface area contributed by atoms with Crippen molar-refractivity contribution in [3.63, 3.8) is 0 Å². The molecule has 0 bridgehead atoms. The molecule has 122 valence electrons. The minimum Gasteiger partial charge on any atom is -0.496 e. The van der Waals surface area contributed by atoms with Gasteiger partial charge in [0.1, 0.15) is 5.75 Å². The van der Waals surface area contributed by atoms with Crippen molar-refractivity contribution in [1.29, 1.82) is 0 Å². The number of hydrogen-bond donors (Lipinski definition) is 0. The molecule has 3 nitrogen and oxygen atoms in total. The Morgan fingerprint density at radius 3 is 2.55 bits per heavy atom. The maximum atomic E-state index is 11.5. The quantitative estimate of drug-likeness (QED) is 0.761. The van der Waals surface area contributed by atoms with E-state index in [9.17, 15) is 4.79 Å². The van der Waals surface area contributed by atoms with Crippen LogP contribution in [0.2, 0.25) is 0 Å². The first-order valence-electron chi connectivity index (χ1n) is 8.04. The Hall–Kier alpha value is -1.51. The van der Waals surface area contributed by atoms with Crippen LogP contribution in [-0.2, 0) is 14.9 Å². The molecule has 0 spiro atoms. The molecular weight excluding hydrogens is 276 g/mol. The van der Waals surface area contributed by atoms with Crippen LogP contribution in [-0.4, -0.2) is 20.2 Å². The molecule has 0 aromatic heterocycles. The van der Waals surface area contributed by atoms with E-state index < -0.39 is 0 Å². The average molecular weight is 304 g/mol. The van der Waals surface area contributed by atoms with Crippen molar-refractivity contribution in [1.82, 2.24) is 0 Å².